The average Bonchev–Trinajstić information content (AvgIpc) is 3.06. The second kappa shape index (κ2) is 7.83. The molecule has 1 aromatic heterocycles. The van der Waals surface area contributed by atoms with Gasteiger partial charge in [0.05, 0.1) is 13.2 Å². The van der Waals surface area contributed by atoms with Crippen molar-refractivity contribution in [2.45, 2.75) is 18.5 Å². The molecule has 0 spiro atoms. The first-order valence-corrected chi connectivity index (χ1v) is 9.58. The van der Waals surface area contributed by atoms with Crippen LogP contribution in [-0.2, 0) is 11.3 Å². The SMILES string of the molecule is CN(C)c1ccncc1CNCC1(N2CCOCC2)CCSC1. The number of nitrogens with one attached hydrogen (secondary N) is 1. The van der Waals surface area contributed by atoms with Crippen molar-refractivity contribution in [2.24, 2.45) is 0 Å². The number of hydrogen-bond acceptors (Lipinski definition) is 6. The van der Waals surface area contributed by atoms with Gasteiger partial charge < -0.3 is 15.0 Å². The van der Waals surface area contributed by atoms with E-state index in [0.717, 1.165) is 39.4 Å². The Bertz CT molecular complexity index is 499. The molecule has 2 aliphatic rings. The number of nitrogens with zero attached hydrogens (tertiary/aromatic N) is 3. The average molecular weight is 337 g/mol. The lowest BCUT2D eigenvalue weighted by Gasteiger charge is -2.43. The van der Waals surface area contributed by atoms with E-state index >= 15 is 0 Å². The van der Waals surface area contributed by atoms with E-state index in [1.807, 2.05) is 12.4 Å². The highest BCUT2D eigenvalue weighted by atomic mass is 32.2. The van der Waals surface area contributed by atoms with Gasteiger partial charge in [0, 0.05) is 75.2 Å². The van der Waals surface area contributed by atoms with Crippen LogP contribution >= 0.6 is 11.8 Å². The first-order chi connectivity index (χ1) is 11.2. The normalized spacial score (nSPS) is 25.7. The molecule has 3 heterocycles. The zero-order valence-electron chi connectivity index (χ0n) is 14.3. The van der Waals surface area contributed by atoms with Crippen LogP contribution in [-0.4, -0.2) is 73.9 Å². The van der Waals surface area contributed by atoms with E-state index in [-0.39, 0.29) is 0 Å². The van der Waals surface area contributed by atoms with Gasteiger partial charge in [0.15, 0.2) is 0 Å². The molecule has 0 bridgehead atoms. The Kier molecular flexibility index (Phi) is 5.80. The lowest BCUT2D eigenvalue weighted by Crippen LogP contribution is -2.58. The molecule has 2 saturated heterocycles. The standard InChI is InChI=1S/C17H28N4OS/c1-20(2)16-3-5-18-11-15(16)12-19-13-17(4-10-23-14-17)21-6-8-22-9-7-21/h3,5,11,19H,4,6-10,12-14H2,1-2H3. The molecule has 0 aromatic carbocycles. The van der Waals surface area contributed by atoms with Crippen LogP contribution < -0.4 is 10.2 Å². The number of pyridine rings is 1. The predicted molar refractivity (Wildman–Crippen MR) is 97.3 cm³/mol. The maximum absolute atomic E-state index is 5.54. The summed E-state index contributed by atoms with van der Waals surface area (Å²) in [4.78, 5) is 9.09. The van der Waals surface area contributed by atoms with Gasteiger partial charge in [-0.15, -0.1) is 0 Å². The van der Waals surface area contributed by atoms with Crippen molar-refractivity contribution in [1.29, 1.82) is 0 Å². The Morgan fingerprint density at radius 2 is 2.22 bits per heavy atom. The molecule has 6 heteroatoms. The summed E-state index contributed by atoms with van der Waals surface area (Å²) in [5.41, 5.74) is 2.81. The first-order valence-electron chi connectivity index (χ1n) is 8.43. The van der Waals surface area contributed by atoms with Gasteiger partial charge in [0.25, 0.3) is 0 Å². The molecule has 5 nitrogen and oxygen atoms in total. The Balaban J connectivity index is 1.62. The monoisotopic (exact) mass is 336 g/mol. The van der Waals surface area contributed by atoms with Crippen molar-refractivity contribution in [1.82, 2.24) is 15.2 Å². The van der Waals surface area contributed by atoms with E-state index in [9.17, 15) is 0 Å². The van der Waals surface area contributed by atoms with E-state index in [1.54, 1.807) is 0 Å². The van der Waals surface area contributed by atoms with Gasteiger partial charge in [0.2, 0.25) is 0 Å². The van der Waals surface area contributed by atoms with Crippen molar-refractivity contribution >= 4 is 17.4 Å². The van der Waals surface area contributed by atoms with Crippen LogP contribution in [0.3, 0.4) is 0 Å². The molecule has 1 unspecified atom stereocenters. The third kappa shape index (κ3) is 3.99. The maximum Gasteiger partial charge on any atom is 0.0594 e. The number of aromatic nitrogens is 1. The number of morpholine rings is 1. The number of rotatable bonds is 6. The summed E-state index contributed by atoms with van der Waals surface area (Å²) in [5.74, 6) is 2.50. The lowest BCUT2D eigenvalue weighted by molar-refractivity contribution is -0.0134. The van der Waals surface area contributed by atoms with Crippen molar-refractivity contribution < 1.29 is 4.74 Å². The summed E-state index contributed by atoms with van der Waals surface area (Å²) in [6.45, 7) is 5.80. The summed E-state index contributed by atoms with van der Waals surface area (Å²) in [6.07, 6.45) is 5.12. The van der Waals surface area contributed by atoms with Crippen molar-refractivity contribution in [3.05, 3.63) is 24.0 Å². The van der Waals surface area contributed by atoms with Crippen LogP contribution in [0.2, 0.25) is 0 Å². The number of thioether (sulfide) groups is 1. The first kappa shape index (κ1) is 17.0. The second-order valence-corrected chi connectivity index (χ2v) is 7.73. The summed E-state index contributed by atoms with van der Waals surface area (Å²) in [6, 6.07) is 2.08. The summed E-state index contributed by atoms with van der Waals surface area (Å²) >= 11 is 2.09. The summed E-state index contributed by atoms with van der Waals surface area (Å²) in [5, 5.41) is 3.71. The topological polar surface area (TPSA) is 40.6 Å². The minimum Gasteiger partial charge on any atom is -0.379 e. The molecule has 1 aromatic rings. The number of hydrogen-bond donors (Lipinski definition) is 1. The molecular weight excluding hydrogens is 308 g/mol. The van der Waals surface area contributed by atoms with E-state index in [4.69, 9.17) is 4.74 Å². The quantitative estimate of drug-likeness (QED) is 0.848. The number of anilines is 1. The van der Waals surface area contributed by atoms with E-state index < -0.39 is 0 Å². The van der Waals surface area contributed by atoms with E-state index in [0.29, 0.717) is 5.54 Å². The fourth-order valence-corrected chi connectivity index (χ4v) is 5.03. The molecule has 0 radical (unpaired) electrons. The number of ether oxygens (including phenoxy) is 1. The smallest absolute Gasteiger partial charge is 0.0594 e. The van der Waals surface area contributed by atoms with Crippen molar-refractivity contribution in [3.63, 3.8) is 0 Å². The zero-order valence-corrected chi connectivity index (χ0v) is 15.1. The molecular formula is C17H28N4OS. The van der Waals surface area contributed by atoms with Gasteiger partial charge in [-0.05, 0) is 18.2 Å². The minimum atomic E-state index is 0.301. The minimum absolute atomic E-state index is 0.301. The Morgan fingerprint density at radius 3 is 2.91 bits per heavy atom. The lowest BCUT2D eigenvalue weighted by atomic mass is 9.95. The summed E-state index contributed by atoms with van der Waals surface area (Å²) in [7, 11) is 4.17. The molecule has 2 fully saturated rings. The van der Waals surface area contributed by atoms with Crippen LogP contribution in [0.5, 0.6) is 0 Å². The van der Waals surface area contributed by atoms with Crippen LogP contribution in [0.25, 0.3) is 0 Å². The molecule has 1 atom stereocenters. The van der Waals surface area contributed by atoms with Crippen LogP contribution in [0.1, 0.15) is 12.0 Å². The molecule has 0 amide bonds. The molecule has 1 N–H and O–H groups in total. The maximum atomic E-state index is 5.54. The van der Waals surface area contributed by atoms with Crippen LogP contribution in [0.4, 0.5) is 5.69 Å². The highest BCUT2D eigenvalue weighted by molar-refractivity contribution is 7.99. The van der Waals surface area contributed by atoms with Crippen LogP contribution in [0, 0.1) is 0 Å². The molecule has 2 aliphatic heterocycles. The summed E-state index contributed by atoms with van der Waals surface area (Å²) < 4.78 is 5.54. The molecule has 0 aliphatic carbocycles. The van der Waals surface area contributed by atoms with E-state index in [2.05, 4.69) is 52.0 Å². The van der Waals surface area contributed by atoms with Gasteiger partial charge in [-0.1, -0.05) is 0 Å². The van der Waals surface area contributed by atoms with Gasteiger partial charge >= 0.3 is 0 Å². The van der Waals surface area contributed by atoms with Crippen molar-refractivity contribution in [3.8, 4) is 0 Å². The van der Waals surface area contributed by atoms with Gasteiger partial charge in [-0.2, -0.15) is 11.8 Å². The molecule has 128 valence electrons. The third-order valence-electron chi connectivity index (χ3n) is 4.89. The highest BCUT2D eigenvalue weighted by Gasteiger charge is 2.40. The Hall–Kier alpha value is -0.820. The predicted octanol–water partition coefficient (Wildman–Crippen LogP) is 1.45. The molecule has 23 heavy (non-hydrogen) atoms. The Labute approximate surface area is 143 Å². The van der Waals surface area contributed by atoms with Gasteiger partial charge in [-0.25, -0.2) is 0 Å². The van der Waals surface area contributed by atoms with Gasteiger partial charge in [0.1, 0.15) is 0 Å². The molecule has 3 rings (SSSR count). The third-order valence-corrected chi connectivity index (χ3v) is 6.13. The fourth-order valence-electron chi connectivity index (χ4n) is 3.56. The highest BCUT2D eigenvalue weighted by Crippen LogP contribution is 2.33. The fraction of sp³-hybridized carbons (Fsp3) is 0.706. The van der Waals surface area contributed by atoms with Gasteiger partial charge in [-0.3, -0.25) is 9.88 Å². The molecule has 0 saturated carbocycles. The van der Waals surface area contributed by atoms with E-state index in [1.165, 1.54) is 29.2 Å². The second-order valence-electron chi connectivity index (χ2n) is 6.63. The van der Waals surface area contributed by atoms with Crippen LogP contribution in [0.15, 0.2) is 18.5 Å². The largest absolute Gasteiger partial charge is 0.379 e. The van der Waals surface area contributed by atoms with Crippen molar-refractivity contribution in [2.75, 3.05) is 63.3 Å². The Morgan fingerprint density at radius 1 is 1.39 bits per heavy atom. The zero-order chi connectivity index (χ0) is 16.1.